The number of aromatic nitrogens is 1. The molecule has 0 atom stereocenters. The van der Waals surface area contributed by atoms with Crippen molar-refractivity contribution in [3.8, 4) is 0 Å². The molecular weight excluding hydrogens is 262 g/mol. The van der Waals surface area contributed by atoms with E-state index in [0.717, 1.165) is 16.0 Å². The number of hydrogen-bond donors (Lipinski definition) is 1. The molecule has 0 aliphatic carbocycles. The number of rotatable bonds is 3. The Morgan fingerprint density at radius 2 is 2.00 bits per heavy atom. The molecule has 1 heterocycles. The lowest BCUT2D eigenvalue weighted by atomic mass is 10.2. The molecule has 0 unspecified atom stereocenters. The van der Waals surface area contributed by atoms with Crippen molar-refractivity contribution in [3.05, 3.63) is 51.6 Å². The highest BCUT2D eigenvalue weighted by atomic mass is 32.2. The Kier molecular flexibility index (Phi) is 3.71. The third kappa shape index (κ3) is 3.03. The monoisotopic (exact) mass is 275 g/mol. The molecule has 1 aromatic carbocycles. The van der Waals surface area contributed by atoms with Crippen molar-refractivity contribution in [1.29, 1.82) is 0 Å². The Balaban J connectivity index is 2.31. The summed E-state index contributed by atoms with van der Waals surface area (Å²) >= 11 is 1.45. The third-order valence-electron chi connectivity index (χ3n) is 2.63. The van der Waals surface area contributed by atoms with Crippen molar-refractivity contribution in [2.24, 2.45) is 0 Å². The van der Waals surface area contributed by atoms with Gasteiger partial charge in [-0.25, -0.2) is 4.98 Å². The van der Waals surface area contributed by atoms with Gasteiger partial charge in [-0.3, -0.25) is 10.1 Å². The average Bonchev–Trinajstić information content (AvgIpc) is 2.33. The predicted molar refractivity (Wildman–Crippen MR) is 75.3 cm³/mol. The summed E-state index contributed by atoms with van der Waals surface area (Å²) in [6.07, 6.45) is 0. The molecule has 0 fully saturated rings. The van der Waals surface area contributed by atoms with Crippen LogP contribution in [0.1, 0.15) is 11.1 Å². The number of aryl methyl sites for hydroxylation is 2. The topological polar surface area (TPSA) is 82.0 Å². The van der Waals surface area contributed by atoms with Gasteiger partial charge in [0.1, 0.15) is 5.03 Å². The van der Waals surface area contributed by atoms with Crippen molar-refractivity contribution in [3.63, 3.8) is 0 Å². The van der Waals surface area contributed by atoms with Crippen LogP contribution in [0, 0.1) is 24.0 Å². The first-order chi connectivity index (χ1) is 8.97. The van der Waals surface area contributed by atoms with Crippen LogP contribution in [0.5, 0.6) is 0 Å². The van der Waals surface area contributed by atoms with E-state index in [9.17, 15) is 10.1 Å². The average molecular weight is 275 g/mol. The summed E-state index contributed by atoms with van der Waals surface area (Å²) in [4.78, 5) is 15.3. The number of nitrogens with two attached hydrogens (primary N) is 1. The normalized spacial score (nSPS) is 10.4. The minimum absolute atomic E-state index is 0.0553. The van der Waals surface area contributed by atoms with Gasteiger partial charge in [-0.15, -0.1) is 0 Å². The van der Waals surface area contributed by atoms with Crippen molar-refractivity contribution in [2.45, 2.75) is 23.8 Å². The first kappa shape index (κ1) is 13.4. The molecule has 5 nitrogen and oxygen atoms in total. The van der Waals surface area contributed by atoms with E-state index in [1.807, 2.05) is 26.0 Å². The molecule has 2 N–H and O–H groups in total. The van der Waals surface area contributed by atoms with E-state index in [2.05, 4.69) is 11.1 Å². The van der Waals surface area contributed by atoms with Gasteiger partial charge >= 0.3 is 5.69 Å². The number of pyridine rings is 1. The van der Waals surface area contributed by atoms with Crippen LogP contribution < -0.4 is 5.73 Å². The van der Waals surface area contributed by atoms with Crippen LogP contribution in [0.3, 0.4) is 0 Å². The third-order valence-corrected chi connectivity index (χ3v) is 3.73. The lowest BCUT2D eigenvalue weighted by Gasteiger charge is -2.06. The molecular formula is C13H13N3O2S. The number of nitrogen functional groups attached to an aromatic ring is 1. The van der Waals surface area contributed by atoms with Crippen LogP contribution in [0.2, 0.25) is 0 Å². The van der Waals surface area contributed by atoms with E-state index in [0.29, 0.717) is 5.03 Å². The van der Waals surface area contributed by atoms with E-state index in [-0.39, 0.29) is 11.5 Å². The summed E-state index contributed by atoms with van der Waals surface area (Å²) in [5, 5.41) is 11.3. The first-order valence-electron chi connectivity index (χ1n) is 5.63. The summed E-state index contributed by atoms with van der Waals surface area (Å²) in [5.41, 5.74) is 7.71. The summed E-state index contributed by atoms with van der Waals surface area (Å²) in [5.74, 6) is -0.0553. The van der Waals surface area contributed by atoms with Gasteiger partial charge in [0.05, 0.1) is 4.92 Å². The zero-order chi connectivity index (χ0) is 14.0. The van der Waals surface area contributed by atoms with Crippen LogP contribution in [0.15, 0.2) is 40.3 Å². The molecule has 2 aromatic rings. The molecule has 0 spiro atoms. The number of nitrogens with zero attached hydrogens (tertiary/aromatic N) is 2. The second-order valence-corrected chi connectivity index (χ2v) is 5.24. The van der Waals surface area contributed by atoms with Gasteiger partial charge in [-0.05, 0) is 37.1 Å². The Morgan fingerprint density at radius 3 is 2.63 bits per heavy atom. The molecule has 19 heavy (non-hydrogen) atoms. The molecule has 6 heteroatoms. The quantitative estimate of drug-likeness (QED) is 0.686. The molecule has 0 saturated heterocycles. The highest BCUT2D eigenvalue weighted by Crippen LogP contribution is 2.32. The molecule has 98 valence electrons. The fourth-order valence-electron chi connectivity index (χ4n) is 1.59. The SMILES string of the molecule is Cc1ccc(C)c(Sc2ccc([N+](=O)[O-])c(N)n2)c1. The van der Waals surface area contributed by atoms with Crippen LogP contribution in [-0.2, 0) is 0 Å². The first-order valence-corrected chi connectivity index (χ1v) is 6.45. The molecule has 0 bridgehead atoms. The minimum atomic E-state index is -0.533. The second kappa shape index (κ2) is 5.27. The van der Waals surface area contributed by atoms with Gasteiger partial charge in [-0.1, -0.05) is 23.9 Å². The van der Waals surface area contributed by atoms with E-state index in [4.69, 9.17) is 5.73 Å². The highest BCUT2D eigenvalue weighted by molar-refractivity contribution is 7.99. The summed E-state index contributed by atoms with van der Waals surface area (Å²) in [6, 6.07) is 9.12. The van der Waals surface area contributed by atoms with E-state index in [1.54, 1.807) is 6.07 Å². The predicted octanol–water partition coefficient (Wildman–Crippen LogP) is 3.34. The molecule has 2 rings (SSSR count). The van der Waals surface area contributed by atoms with Gasteiger partial charge < -0.3 is 5.73 Å². The number of hydrogen-bond acceptors (Lipinski definition) is 5. The molecule has 1 aromatic heterocycles. The maximum Gasteiger partial charge on any atom is 0.311 e. The zero-order valence-electron chi connectivity index (χ0n) is 10.6. The van der Waals surface area contributed by atoms with Crippen LogP contribution >= 0.6 is 11.8 Å². The maximum atomic E-state index is 10.7. The highest BCUT2D eigenvalue weighted by Gasteiger charge is 2.13. The van der Waals surface area contributed by atoms with Crippen molar-refractivity contribution >= 4 is 23.3 Å². The van der Waals surface area contributed by atoms with Gasteiger partial charge in [-0.2, -0.15) is 0 Å². The van der Waals surface area contributed by atoms with Gasteiger partial charge in [0, 0.05) is 11.0 Å². The molecule has 0 aliphatic heterocycles. The van der Waals surface area contributed by atoms with Crippen molar-refractivity contribution in [2.75, 3.05) is 5.73 Å². The fraction of sp³-hybridized carbons (Fsp3) is 0.154. The Bertz CT molecular complexity index is 644. The van der Waals surface area contributed by atoms with Crippen LogP contribution in [0.4, 0.5) is 11.5 Å². The summed E-state index contributed by atoms with van der Waals surface area (Å²) in [7, 11) is 0. The number of benzene rings is 1. The van der Waals surface area contributed by atoms with Crippen LogP contribution in [-0.4, -0.2) is 9.91 Å². The second-order valence-electron chi connectivity index (χ2n) is 4.18. The van der Waals surface area contributed by atoms with E-state index in [1.165, 1.54) is 17.8 Å². The summed E-state index contributed by atoms with van der Waals surface area (Å²) in [6.45, 7) is 4.03. The molecule has 0 radical (unpaired) electrons. The minimum Gasteiger partial charge on any atom is -0.378 e. The zero-order valence-corrected chi connectivity index (χ0v) is 11.4. The molecule has 0 saturated carbocycles. The Hall–Kier alpha value is -2.08. The van der Waals surface area contributed by atoms with Gasteiger partial charge in [0.15, 0.2) is 0 Å². The Labute approximate surface area is 115 Å². The molecule has 0 aliphatic rings. The van der Waals surface area contributed by atoms with E-state index >= 15 is 0 Å². The molecule has 0 amide bonds. The number of nitro groups is 1. The van der Waals surface area contributed by atoms with Crippen LogP contribution in [0.25, 0.3) is 0 Å². The van der Waals surface area contributed by atoms with Gasteiger partial charge in [0.25, 0.3) is 0 Å². The smallest absolute Gasteiger partial charge is 0.311 e. The Morgan fingerprint density at radius 1 is 1.26 bits per heavy atom. The van der Waals surface area contributed by atoms with Gasteiger partial charge in [0.2, 0.25) is 5.82 Å². The largest absolute Gasteiger partial charge is 0.378 e. The lowest BCUT2D eigenvalue weighted by molar-refractivity contribution is -0.384. The lowest BCUT2D eigenvalue weighted by Crippen LogP contribution is -1.98. The standard InChI is InChI=1S/C13H13N3O2S/c1-8-3-4-9(2)11(7-8)19-12-6-5-10(16(17)18)13(14)15-12/h3-7H,1-2H3,(H2,14,15). The maximum absolute atomic E-state index is 10.7. The van der Waals surface area contributed by atoms with E-state index < -0.39 is 4.92 Å². The summed E-state index contributed by atoms with van der Waals surface area (Å²) < 4.78 is 0. The fourth-order valence-corrected chi connectivity index (χ4v) is 2.57. The number of anilines is 1. The van der Waals surface area contributed by atoms with Crippen molar-refractivity contribution < 1.29 is 4.92 Å². The van der Waals surface area contributed by atoms with Crippen molar-refractivity contribution in [1.82, 2.24) is 4.98 Å².